The summed E-state index contributed by atoms with van der Waals surface area (Å²) < 4.78 is 16.1. The summed E-state index contributed by atoms with van der Waals surface area (Å²) in [4.78, 5) is 58.0. The summed E-state index contributed by atoms with van der Waals surface area (Å²) in [6.07, 6.45) is 10.6. The molecule has 10 rings (SSSR count). The van der Waals surface area contributed by atoms with Crippen LogP contribution in [0.4, 0.5) is 21.6 Å². The van der Waals surface area contributed by atoms with Crippen LogP contribution in [0, 0.1) is 12.3 Å². The van der Waals surface area contributed by atoms with Crippen molar-refractivity contribution in [3.05, 3.63) is 65.5 Å². The van der Waals surface area contributed by atoms with E-state index in [1.807, 2.05) is 49.3 Å². The lowest BCUT2D eigenvalue weighted by molar-refractivity contribution is -0.152. The second-order valence-corrected chi connectivity index (χ2v) is 18.1. The lowest BCUT2D eigenvalue weighted by atomic mass is 9.67. The lowest BCUT2D eigenvalue weighted by Crippen LogP contribution is -2.59. The van der Waals surface area contributed by atoms with Crippen molar-refractivity contribution < 1.29 is 18.8 Å². The Kier molecular flexibility index (Phi) is 8.73. The molecule has 2 aromatic heterocycles. The van der Waals surface area contributed by atoms with Crippen molar-refractivity contribution in [2.24, 2.45) is 5.41 Å². The fraction of sp³-hybridized carbons (Fsp3) is 0.533. The minimum absolute atomic E-state index is 0.0259. The van der Waals surface area contributed by atoms with Gasteiger partial charge in [0.25, 0.3) is 5.91 Å². The summed E-state index contributed by atoms with van der Waals surface area (Å²) in [5.74, 6) is 0.707. The van der Waals surface area contributed by atoms with Gasteiger partial charge < -0.3 is 29.9 Å². The number of likely N-dealkylation sites (tertiary alicyclic amines) is 2. The number of aromatic nitrogens is 3. The Bertz CT molecular complexity index is 2270. The van der Waals surface area contributed by atoms with Crippen molar-refractivity contribution in [2.75, 3.05) is 43.4 Å². The molecule has 0 radical (unpaired) electrons. The standard InChI is InChI=1S/C45H53FN8O3/c1-27-7-9-30(20-34(27)41(55)47-3)49-40-39-37(48-26-53(39)31-10-11-31)23-36(50-40)28-8-12-35-38(19-28)54(33-21-32(22-33)51-15-5-4-6-16-51)43(57)45(35)13-17-52(18-14-45)42(56)44(2)24-29(46)25-44/h7-9,12,19-20,23,26,29,31-33H,4-6,10-11,13-18,21-22,24-25H2,1-3H3,(H,47,55)(H,49,50)/t29?,32-,33+,44?. The molecule has 5 heterocycles. The number of piperidine rings is 2. The Morgan fingerprint density at radius 1 is 0.912 bits per heavy atom. The number of rotatable bonds is 8. The third-order valence-electron chi connectivity index (χ3n) is 14.3. The molecule has 2 N–H and O–H groups in total. The number of carbonyl (C=O) groups excluding carboxylic acids is 3. The molecule has 0 bridgehead atoms. The summed E-state index contributed by atoms with van der Waals surface area (Å²) in [6.45, 7) is 7.07. The zero-order chi connectivity index (χ0) is 39.2. The van der Waals surface area contributed by atoms with Crippen LogP contribution in [0.3, 0.4) is 0 Å². The first-order valence-electron chi connectivity index (χ1n) is 21.2. The highest BCUT2D eigenvalue weighted by atomic mass is 19.1. The number of hydrogen-bond acceptors (Lipinski definition) is 7. The fourth-order valence-corrected chi connectivity index (χ4v) is 10.7. The summed E-state index contributed by atoms with van der Waals surface area (Å²) in [5.41, 5.74) is 6.32. The van der Waals surface area contributed by atoms with Crippen LogP contribution < -0.4 is 15.5 Å². The maximum Gasteiger partial charge on any atom is 0.251 e. The van der Waals surface area contributed by atoms with Crippen LogP contribution in [-0.2, 0) is 15.0 Å². The minimum Gasteiger partial charge on any atom is -0.355 e. The molecule has 57 heavy (non-hydrogen) atoms. The molecule has 4 aromatic rings. The Hall–Kier alpha value is -4.84. The highest BCUT2D eigenvalue weighted by Crippen LogP contribution is 2.53. The number of nitrogens with zero attached hydrogens (tertiary/aromatic N) is 6. The van der Waals surface area contributed by atoms with Gasteiger partial charge in [0.15, 0.2) is 5.82 Å². The molecule has 12 heteroatoms. The molecule has 1 spiro atoms. The van der Waals surface area contributed by atoms with Crippen LogP contribution >= 0.6 is 0 Å². The average Bonchev–Trinajstić information content (AvgIpc) is 3.91. The van der Waals surface area contributed by atoms with E-state index in [1.54, 1.807) is 7.05 Å². The van der Waals surface area contributed by atoms with Crippen molar-refractivity contribution in [3.63, 3.8) is 0 Å². The number of anilines is 3. The molecular weight excluding hydrogens is 720 g/mol. The van der Waals surface area contributed by atoms with Gasteiger partial charge in [-0.25, -0.2) is 14.4 Å². The van der Waals surface area contributed by atoms with Crippen LogP contribution in [0.25, 0.3) is 22.3 Å². The molecule has 2 aromatic carbocycles. The van der Waals surface area contributed by atoms with Crippen LogP contribution in [-0.4, -0.2) is 93.5 Å². The van der Waals surface area contributed by atoms with Crippen molar-refractivity contribution in [1.29, 1.82) is 0 Å². The van der Waals surface area contributed by atoms with Crippen LogP contribution in [0.15, 0.2) is 48.8 Å². The van der Waals surface area contributed by atoms with Gasteiger partial charge in [-0.05, 0) is 120 Å². The average molecular weight is 773 g/mol. The number of fused-ring (bicyclic) bond motifs is 3. The molecule has 3 amide bonds. The van der Waals surface area contributed by atoms with E-state index >= 15 is 4.79 Å². The highest BCUT2D eigenvalue weighted by Gasteiger charge is 2.57. The number of aryl methyl sites for hydroxylation is 1. The third kappa shape index (κ3) is 6.03. The number of hydrogen-bond donors (Lipinski definition) is 2. The van der Waals surface area contributed by atoms with Gasteiger partial charge in [-0.3, -0.25) is 14.4 Å². The van der Waals surface area contributed by atoms with E-state index in [9.17, 15) is 14.0 Å². The molecule has 3 saturated carbocycles. The SMILES string of the molecule is CNC(=O)c1cc(Nc2nc(-c3ccc4c(c3)N([C@H]3C[C@@H](N5CCCCC5)C3)C(=O)C43CCN(C(=O)C4(C)CC(F)C4)CC3)cc3ncn(C4CC4)c23)ccc1C. The predicted octanol–water partition coefficient (Wildman–Crippen LogP) is 7.21. The Labute approximate surface area is 333 Å². The molecule has 298 valence electrons. The predicted molar refractivity (Wildman–Crippen MR) is 219 cm³/mol. The molecule has 3 aliphatic carbocycles. The largest absolute Gasteiger partial charge is 0.355 e. The number of pyridine rings is 1. The first kappa shape index (κ1) is 36.5. The van der Waals surface area contributed by atoms with Crippen molar-refractivity contribution >= 4 is 45.9 Å². The number of nitrogens with one attached hydrogen (secondary N) is 2. The topological polar surface area (TPSA) is 116 Å². The van der Waals surface area contributed by atoms with Crippen molar-refractivity contribution in [3.8, 4) is 11.3 Å². The molecule has 2 saturated heterocycles. The number of imidazole rings is 1. The van der Waals surface area contributed by atoms with Gasteiger partial charge in [0.1, 0.15) is 11.7 Å². The summed E-state index contributed by atoms with van der Waals surface area (Å²) in [5, 5.41) is 6.31. The van der Waals surface area contributed by atoms with E-state index in [1.165, 1.54) is 19.3 Å². The van der Waals surface area contributed by atoms with E-state index in [0.717, 1.165) is 83.6 Å². The van der Waals surface area contributed by atoms with Gasteiger partial charge in [0.2, 0.25) is 11.8 Å². The number of halogens is 1. The molecule has 3 aliphatic heterocycles. The van der Waals surface area contributed by atoms with E-state index in [2.05, 4.69) is 43.2 Å². The quantitative estimate of drug-likeness (QED) is 0.195. The van der Waals surface area contributed by atoms with Gasteiger partial charge in [-0.1, -0.05) is 31.5 Å². The smallest absolute Gasteiger partial charge is 0.251 e. The second kappa shape index (κ2) is 13.6. The number of amides is 3. The molecule has 5 fully saturated rings. The third-order valence-corrected chi connectivity index (χ3v) is 14.3. The molecule has 11 nitrogen and oxygen atoms in total. The van der Waals surface area contributed by atoms with Gasteiger partial charge in [0.05, 0.1) is 28.4 Å². The van der Waals surface area contributed by atoms with Gasteiger partial charge in [-0.2, -0.15) is 0 Å². The van der Waals surface area contributed by atoms with Gasteiger partial charge in [-0.15, -0.1) is 0 Å². The van der Waals surface area contributed by atoms with Crippen LogP contribution in [0.5, 0.6) is 0 Å². The summed E-state index contributed by atoms with van der Waals surface area (Å²) in [6, 6.07) is 15.2. The molecule has 0 atom stereocenters. The normalized spacial score (nSPS) is 26.9. The Morgan fingerprint density at radius 2 is 1.67 bits per heavy atom. The monoisotopic (exact) mass is 772 g/mol. The first-order valence-corrected chi connectivity index (χ1v) is 21.2. The van der Waals surface area contributed by atoms with E-state index in [4.69, 9.17) is 9.97 Å². The highest BCUT2D eigenvalue weighted by molar-refractivity contribution is 6.09. The van der Waals surface area contributed by atoms with E-state index < -0.39 is 17.0 Å². The number of carbonyl (C=O) groups is 3. The van der Waals surface area contributed by atoms with Crippen molar-refractivity contribution in [2.45, 2.75) is 114 Å². The van der Waals surface area contributed by atoms with E-state index in [-0.39, 0.29) is 36.6 Å². The van der Waals surface area contributed by atoms with Crippen LogP contribution in [0.2, 0.25) is 0 Å². The summed E-state index contributed by atoms with van der Waals surface area (Å²) in [7, 11) is 1.64. The van der Waals surface area contributed by atoms with Crippen LogP contribution in [0.1, 0.15) is 105 Å². The maximum absolute atomic E-state index is 15.0. The minimum atomic E-state index is -0.905. The Balaban J connectivity index is 1.01. The van der Waals surface area contributed by atoms with Gasteiger partial charge >= 0.3 is 0 Å². The van der Waals surface area contributed by atoms with Gasteiger partial charge in [0, 0.05) is 60.8 Å². The second-order valence-electron chi connectivity index (χ2n) is 18.1. The maximum atomic E-state index is 15.0. The molecular formula is C45H53FN8O3. The number of alkyl halides is 1. The van der Waals surface area contributed by atoms with E-state index in [0.29, 0.717) is 49.4 Å². The molecule has 0 unspecified atom stereocenters. The zero-order valence-electron chi connectivity index (χ0n) is 33.3. The number of benzene rings is 2. The lowest BCUT2D eigenvalue weighted by Gasteiger charge is -2.48. The fourth-order valence-electron chi connectivity index (χ4n) is 10.7. The van der Waals surface area contributed by atoms with Crippen molar-refractivity contribution in [1.82, 2.24) is 29.7 Å². The summed E-state index contributed by atoms with van der Waals surface area (Å²) >= 11 is 0. The molecule has 6 aliphatic rings. The zero-order valence-corrected chi connectivity index (χ0v) is 33.3. The Morgan fingerprint density at radius 3 is 2.37 bits per heavy atom. The first-order chi connectivity index (χ1) is 27.5.